The second-order valence-electron chi connectivity index (χ2n) is 6.60. The van der Waals surface area contributed by atoms with E-state index in [9.17, 15) is 9.59 Å². The van der Waals surface area contributed by atoms with E-state index in [0.29, 0.717) is 18.9 Å². The molecule has 28 heavy (non-hydrogen) atoms. The maximum atomic E-state index is 12.5. The molecule has 2 aromatic heterocycles. The first-order chi connectivity index (χ1) is 13.6. The van der Waals surface area contributed by atoms with Crippen LogP contribution in [0.3, 0.4) is 0 Å². The molecule has 4 rings (SSSR count). The van der Waals surface area contributed by atoms with E-state index in [-0.39, 0.29) is 18.2 Å². The summed E-state index contributed by atoms with van der Waals surface area (Å²) in [5, 5.41) is 7.03. The van der Waals surface area contributed by atoms with Gasteiger partial charge in [0.05, 0.1) is 13.2 Å². The number of rotatable bonds is 5. The van der Waals surface area contributed by atoms with Gasteiger partial charge in [0.25, 0.3) is 5.78 Å². The lowest BCUT2D eigenvalue weighted by Crippen LogP contribution is -2.36. The number of benzene rings is 1. The summed E-state index contributed by atoms with van der Waals surface area (Å²) < 4.78 is 7.82. The van der Waals surface area contributed by atoms with E-state index in [0.717, 1.165) is 35.6 Å². The number of nitrogens with one attached hydrogen (secondary N) is 1. The molecule has 1 amide bonds. The molecule has 3 heterocycles. The van der Waals surface area contributed by atoms with Crippen LogP contribution in [0.1, 0.15) is 12.5 Å². The fourth-order valence-electron chi connectivity index (χ4n) is 3.17. The zero-order chi connectivity index (χ0) is 19.5. The van der Waals surface area contributed by atoms with E-state index >= 15 is 0 Å². The van der Waals surface area contributed by atoms with Crippen LogP contribution in [-0.4, -0.2) is 51.4 Å². The van der Waals surface area contributed by atoms with Crippen molar-refractivity contribution in [2.24, 2.45) is 0 Å². The van der Waals surface area contributed by atoms with Gasteiger partial charge in [-0.15, -0.1) is 5.10 Å². The number of aryl methyl sites for hydroxylation is 1. The summed E-state index contributed by atoms with van der Waals surface area (Å²) in [4.78, 5) is 31.4. The topological polar surface area (TPSA) is 93.8 Å². The van der Waals surface area contributed by atoms with Crippen LogP contribution in [0.2, 0.25) is 0 Å². The lowest BCUT2D eigenvalue weighted by Gasteiger charge is -2.27. The van der Waals surface area contributed by atoms with E-state index in [1.807, 2.05) is 24.3 Å². The van der Waals surface area contributed by atoms with Crippen molar-refractivity contribution >= 4 is 23.2 Å². The Bertz CT molecular complexity index is 1050. The van der Waals surface area contributed by atoms with Crippen LogP contribution in [-0.2, 0) is 22.5 Å². The molecule has 0 atom stereocenters. The van der Waals surface area contributed by atoms with Gasteiger partial charge in [-0.3, -0.25) is 4.79 Å². The summed E-state index contributed by atoms with van der Waals surface area (Å²) in [5.41, 5.74) is 1.44. The zero-order valence-corrected chi connectivity index (χ0v) is 15.7. The van der Waals surface area contributed by atoms with E-state index in [2.05, 4.69) is 27.2 Å². The second-order valence-corrected chi connectivity index (χ2v) is 6.60. The summed E-state index contributed by atoms with van der Waals surface area (Å²) >= 11 is 0. The predicted molar refractivity (Wildman–Crippen MR) is 105 cm³/mol. The molecule has 0 unspecified atom stereocenters. The Balaban J connectivity index is 1.52. The molecule has 1 aromatic carbocycles. The lowest BCUT2D eigenvalue weighted by molar-refractivity contribution is -0.117. The number of carbonyl (C=O) groups excluding carboxylic acids is 1. The Kier molecular flexibility index (Phi) is 5.07. The third kappa shape index (κ3) is 3.74. The van der Waals surface area contributed by atoms with Crippen LogP contribution in [0.5, 0.6) is 0 Å². The van der Waals surface area contributed by atoms with Gasteiger partial charge in [0.2, 0.25) is 5.91 Å². The second kappa shape index (κ2) is 7.81. The van der Waals surface area contributed by atoms with Crippen molar-refractivity contribution in [3.63, 3.8) is 0 Å². The number of fused-ring (bicyclic) bond motifs is 1. The van der Waals surface area contributed by atoms with Gasteiger partial charge >= 0.3 is 5.69 Å². The molecule has 0 aliphatic carbocycles. The third-order valence-corrected chi connectivity index (χ3v) is 4.69. The monoisotopic (exact) mass is 382 g/mol. The average molecular weight is 382 g/mol. The highest BCUT2D eigenvalue weighted by Crippen LogP contribution is 2.13. The minimum Gasteiger partial charge on any atom is -0.378 e. The van der Waals surface area contributed by atoms with Crippen molar-refractivity contribution in [3.05, 3.63) is 52.6 Å². The van der Waals surface area contributed by atoms with Crippen LogP contribution >= 0.6 is 0 Å². The van der Waals surface area contributed by atoms with Gasteiger partial charge in [0.1, 0.15) is 12.4 Å². The Labute approximate surface area is 161 Å². The fourth-order valence-corrected chi connectivity index (χ4v) is 3.17. The van der Waals surface area contributed by atoms with Gasteiger partial charge in [0.15, 0.2) is 0 Å². The van der Waals surface area contributed by atoms with Gasteiger partial charge in [-0.1, -0.05) is 19.1 Å². The Morgan fingerprint density at radius 3 is 2.86 bits per heavy atom. The number of nitrogens with zero attached hydrogens (tertiary/aromatic N) is 5. The largest absolute Gasteiger partial charge is 0.378 e. The van der Waals surface area contributed by atoms with Gasteiger partial charge in [-0.05, 0) is 30.2 Å². The number of aromatic nitrogens is 4. The fraction of sp³-hybridized carbons (Fsp3) is 0.368. The van der Waals surface area contributed by atoms with Crippen LogP contribution in [0.25, 0.3) is 5.78 Å². The molecule has 9 heteroatoms. The van der Waals surface area contributed by atoms with Crippen LogP contribution in [0.4, 0.5) is 11.5 Å². The van der Waals surface area contributed by atoms with Crippen molar-refractivity contribution in [1.29, 1.82) is 0 Å². The van der Waals surface area contributed by atoms with Crippen molar-refractivity contribution in [2.45, 2.75) is 19.9 Å². The molecule has 1 saturated heterocycles. The molecule has 1 fully saturated rings. The highest BCUT2D eigenvalue weighted by atomic mass is 16.5. The standard InChI is InChI=1S/C19H22N6O3/c1-2-14-4-3-5-15(12-14)20-17(26)13-25-19(27)24-7-6-16(21-18(24)22-25)23-8-10-28-11-9-23/h3-7,12H,2,8-11,13H2,1H3,(H,20,26). The van der Waals surface area contributed by atoms with Crippen LogP contribution < -0.4 is 15.9 Å². The summed E-state index contributed by atoms with van der Waals surface area (Å²) in [6.45, 7) is 4.66. The number of ether oxygens (including phenoxy) is 1. The van der Waals surface area contributed by atoms with E-state index in [1.54, 1.807) is 12.3 Å². The minimum atomic E-state index is -0.395. The molecule has 1 aliphatic rings. The van der Waals surface area contributed by atoms with Crippen molar-refractivity contribution in [2.75, 3.05) is 36.5 Å². The molecule has 1 aliphatic heterocycles. The summed E-state index contributed by atoms with van der Waals surface area (Å²) in [6.07, 6.45) is 2.52. The van der Waals surface area contributed by atoms with Crippen molar-refractivity contribution in [1.82, 2.24) is 19.2 Å². The number of amides is 1. The molecule has 0 saturated carbocycles. The van der Waals surface area contributed by atoms with Crippen molar-refractivity contribution in [3.8, 4) is 0 Å². The SMILES string of the molecule is CCc1cccc(NC(=O)Cn2nc3nc(N4CCOCC4)ccn3c2=O)c1. The molecule has 0 radical (unpaired) electrons. The molecular formula is C19H22N6O3. The quantitative estimate of drug-likeness (QED) is 0.706. The first-order valence-corrected chi connectivity index (χ1v) is 9.32. The number of hydrogen-bond donors (Lipinski definition) is 1. The third-order valence-electron chi connectivity index (χ3n) is 4.69. The maximum absolute atomic E-state index is 12.5. The molecular weight excluding hydrogens is 360 g/mol. The van der Waals surface area contributed by atoms with Gasteiger partial charge in [-0.25, -0.2) is 13.9 Å². The number of carbonyl (C=O) groups is 1. The Morgan fingerprint density at radius 1 is 1.25 bits per heavy atom. The molecule has 0 bridgehead atoms. The molecule has 9 nitrogen and oxygen atoms in total. The molecule has 3 aromatic rings. The smallest absolute Gasteiger partial charge is 0.352 e. The Hall–Kier alpha value is -3.20. The number of anilines is 2. The van der Waals surface area contributed by atoms with E-state index in [4.69, 9.17) is 4.74 Å². The normalized spacial score (nSPS) is 14.4. The average Bonchev–Trinajstić information content (AvgIpc) is 3.03. The first kappa shape index (κ1) is 18.2. The van der Waals surface area contributed by atoms with Crippen LogP contribution in [0.15, 0.2) is 41.3 Å². The molecule has 0 spiro atoms. The maximum Gasteiger partial charge on any atom is 0.352 e. The Morgan fingerprint density at radius 2 is 2.07 bits per heavy atom. The van der Waals surface area contributed by atoms with Gasteiger partial charge < -0.3 is 15.0 Å². The predicted octanol–water partition coefficient (Wildman–Crippen LogP) is 0.929. The lowest BCUT2D eigenvalue weighted by atomic mass is 10.1. The first-order valence-electron chi connectivity index (χ1n) is 9.32. The van der Waals surface area contributed by atoms with Crippen LogP contribution in [0, 0.1) is 0 Å². The number of hydrogen-bond acceptors (Lipinski definition) is 6. The van der Waals surface area contributed by atoms with Crippen molar-refractivity contribution < 1.29 is 9.53 Å². The molecule has 1 N–H and O–H groups in total. The van der Waals surface area contributed by atoms with Gasteiger partial charge in [-0.2, -0.15) is 4.98 Å². The molecule has 146 valence electrons. The van der Waals surface area contributed by atoms with Gasteiger partial charge in [0, 0.05) is 25.0 Å². The van der Waals surface area contributed by atoms with E-state index < -0.39 is 5.69 Å². The summed E-state index contributed by atoms with van der Waals surface area (Å²) in [7, 11) is 0. The minimum absolute atomic E-state index is 0.175. The summed E-state index contributed by atoms with van der Waals surface area (Å²) in [6, 6.07) is 9.41. The number of morpholine rings is 1. The zero-order valence-electron chi connectivity index (χ0n) is 15.7. The highest BCUT2D eigenvalue weighted by Gasteiger charge is 2.16. The summed E-state index contributed by atoms with van der Waals surface area (Å²) in [5.74, 6) is 0.704. The van der Waals surface area contributed by atoms with E-state index in [1.165, 1.54) is 4.40 Å². The highest BCUT2D eigenvalue weighted by molar-refractivity contribution is 5.90.